The third-order valence-electron chi connectivity index (χ3n) is 4.22. The fourth-order valence-electron chi connectivity index (χ4n) is 3.21. The van der Waals surface area contributed by atoms with Crippen molar-refractivity contribution in [1.82, 2.24) is 0 Å². The zero-order valence-corrected chi connectivity index (χ0v) is 15.4. The van der Waals surface area contributed by atoms with Crippen molar-refractivity contribution in [3.05, 3.63) is 12.2 Å². The average Bonchev–Trinajstić information content (AvgIpc) is 2.81. The highest BCUT2D eigenvalue weighted by molar-refractivity contribution is 6.70. The zero-order chi connectivity index (χ0) is 14.3. The van der Waals surface area contributed by atoms with Gasteiger partial charge in [-0.1, -0.05) is 12.2 Å². The quantitative estimate of drug-likeness (QED) is 0.542. The Bertz CT molecular complexity index is 309. The van der Waals surface area contributed by atoms with Gasteiger partial charge in [-0.15, -0.1) is 0 Å². The molecule has 0 aliphatic heterocycles. The Labute approximate surface area is 120 Å². The third kappa shape index (κ3) is 4.28. The molecule has 0 heterocycles. The van der Waals surface area contributed by atoms with Crippen LogP contribution in [-0.4, -0.2) is 29.8 Å². The van der Waals surface area contributed by atoms with Crippen LogP contribution in [0.2, 0.25) is 39.3 Å². The molecule has 0 radical (unpaired) electrons. The van der Waals surface area contributed by atoms with Crippen LogP contribution >= 0.6 is 0 Å². The molecular formula is C15H30O2Si2. The minimum Gasteiger partial charge on any atom is -0.417 e. The summed E-state index contributed by atoms with van der Waals surface area (Å²) in [5.74, 6) is 2.88. The Balaban J connectivity index is 1.94. The zero-order valence-electron chi connectivity index (χ0n) is 13.4. The Morgan fingerprint density at radius 3 is 1.47 bits per heavy atom. The summed E-state index contributed by atoms with van der Waals surface area (Å²) in [7, 11) is -2.80. The van der Waals surface area contributed by atoms with E-state index in [1.165, 1.54) is 6.42 Å². The second kappa shape index (κ2) is 5.47. The molecule has 2 bridgehead atoms. The number of allylic oxidation sites excluding steroid dienone is 2. The summed E-state index contributed by atoms with van der Waals surface area (Å²) in [5, 5.41) is 0. The highest BCUT2D eigenvalue weighted by atomic mass is 28.4. The van der Waals surface area contributed by atoms with Gasteiger partial charge in [-0.25, -0.2) is 0 Å². The van der Waals surface area contributed by atoms with Crippen molar-refractivity contribution in [2.75, 3.05) is 13.2 Å². The fraction of sp³-hybridized carbons (Fsp3) is 0.867. The van der Waals surface area contributed by atoms with E-state index >= 15 is 0 Å². The Morgan fingerprint density at radius 1 is 0.789 bits per heavy atom. The lowest BCUT2D eigenvalue weighted by Crippen LogP contribution is -2.36. The van der Waals surface area contributed by atoms with E-state index in [4.69, 9.17) is 8.85 Å². The van der Waals surface area contributed by atoms with Crippen LogP contribution in [0.4, 0.5) is 0 Å². The Kier molecular flexibility index (Phi) is 4.46. The van der Waals surface area contributed by atoms with E-state index in [-0.39, 0.29) is 0 Å². The molecule has 0 aromatic rings. The highest BCUT2D eigenvalue weighted by Crippen LogP contribution is 2.48. The lowest BCUT2D eigenvalue weighted by Gasteiger charge is -2.32. The third-order valence-corrected chi connectivity index (χ3v) is 6.28. The average molecular weight is 299 g/mol. The molecule has 0 aromatic carbocycles. The summed E-state index contributed by atoms with van der Waals surface area (Å²) in [6.07, 6.45) is 6.18. The van der Waals surface area contributed by atoms with Crippen molar-refractivity contribution in [1.29, 1.82) is 0 Å². The maximum Gasteiger partial charge on any atom is 0.183 e. The van der Waals surface area contributed by atoms with Crippen LogP contribution in [0, 0.1) is 23.7 Å². The second-order valence-electron chi connectivity index (χ2n) is 8.12. The molecule has 0 unspecified atom stereocenters. The van der Waals surface area contributed by atoms with E-state index in [0.717, 1.165) is 25.0 Å². The predicted octanol–water partition coefficient (Wildman–Crippen LogP) is 4.13. The summed E-state index contributed by atoms with van der Waals surface area (Å²) in [6.45, 7) is 15.6. The van der Waals surface area contributed by atoms with Crippen LogP contribution in [0.15, 0.2) is 12.2 Å². The van der Waals surface area contributed by atoms with E-state index in [1.54, 1.807) is 0 Å². The lowest BCUT2D eigenvalue weighted by atomic mass is 9.84. The van der Waals surface area contributed by atoms with Gasteiger partial charge in [0.2, 0.25) is 0 Å². The van der Waals surface area contributed by atoms with Gasteiger partial charge in [-0.3, -0.25) is 0 Å². The lowest BCUT2D eigenvalue weighted by molar-refractivity contribution is 0.127. The van der Waals surface area contributed by atoms with E-state index in [1.807, 2.05) is 0 Å². The van der Waals surface area contributed by atoms with Crippen LogP contribution in [0.5, 0.6) is 0 Å². The van der Waals surface area contributed by atoms with E-state index in [0.29, 0.717) is 11.8 Å². The monoisotopic (exact) mass is 298 g/mol. The first kappa shape index (κ1) is 15.5. The van der Waals surface area contributed by atoms with Crippen molar-refractivity contribution in [2.24, 2.45) is 23.7 Å². The molecular weight excluding hydrogens is 268 g/mol. The predicted molar refractivity (Wildman–Crippen MR) is 86.3 cm³/mol. The molecule has 2 aliphatic rings. The van der Waals surface area contributed by atoms with Crippen LogP contribution in [0.3, 0.4) is 0 Å². The fourth-order valence-corrected chi connectivity index (χ4v) is 4.60. The van der Waals surface area contributed by atoms with Crippen LogP contribution in [0.25, 0.3) is 0 Å². The van der Waals surface area contributed by atoms with Crippen molar-refractivity contribution in [2.45, 2.75) is 45.7 Å². The van der Waals surface area contributed by atoms with Gasteiger partial charge < -0.3 is 8.85 Å². The minimum atomic E-state index is -1.40. The van der Waals surface area contributed by atoms with Crippen LogP contribution in [-0.2, 0) is 8.85 Å². The van der Waals surface area contributed by atoms with E-state index < -0.39 is 16.6 Å². The molecule has 4 heteroatoms. The molecule has 2 nitrogen and oxygen atoms in total. The number of hydrogen-bond donors (Lipinski definition) is 0. The van der Waals surface area contributed by atoms with Gasteiger partial charge >= 0.3 is 0 Å². The standard InChI is InChI=1S/C15H30O2Si2/c1-18(2,3)16-10-14-12-7-8-13(9-12)15(14)11-17-19(4,5)6/h7-8,12-15H,9-11H2,1-6H3/t12-,13+,14-,15+. The second-order valence-corrected chi connectivity index (χ2v) is 17.1. The van der Waals surface area contributed by atoms with Gasteiger partial charge in [0, 0.05) is 13.2 Å². The molecule has 19 heavy (non-hydrogen) atoms. The minimum absolute atomic E-state index is 0.693. The van der Waals surface area contributed by atoms with Gasteiger partial charge in [-0.2, -0.15) is 0 Å². The summed E-state index contributed by atoms with van der Waals surface area (Å²) in [5.41, 5.74) is 0. The van der Waals surface area contributed by atoms with Crippen molar-refractivity contribution in [3.8, 4) is 0 Å². The molecule has 4 atom stereocenters. The van der Waals surface area contributed by atoms with Crippen LogP contribution in [0.1, 0.15) is 6.42 Å². The topological polar surface area (TPSA) is 18.5 Å². The molecule has 1 saturated carbocycles. The van der Waals surface area contributed by atoms with Gasteiger partial charge in [0.1, 0.15) is 0 Å². The molecule has 2 rings (SSSR count). The van der Waals surface area contributed by atoms with Crippen molar-refractivity contribution in [3.63, 3.8) is 0 Å². The SMILES string of the molecule is C[Si](C)(C)OC[C@@H]1[C@H](CO[Si](C)(C)C)[C@@H]2C=C[C@H]1C2. The molecule has 0 amide bonds. The first-order valence-electron chi connectivity index (χ1n) is 7.62. The molecule has 110 valence electrons. The summed E-state index contributed by atoms with van der Waals surface area (Å²) < 4.78 is 12.4. The molecule has 0 N–H and O–H groups in total. The summed E-state index contributed by atoms with van der Waals surface area (Å²) in [6, 6.07) is 0. The maximum atomic E-state index is 6.19. The largest absolute Gasteiger partial charge is 0.417 e. The van der Waals surface area contributed by atoms with Gasteiger partial charge in [-0.05, 0) is 69.4 Å². The molecule has 0 aromatic heterocycles. The van der Waals surface area contributed by atoms with Crippen LogP contribution < -0.4 is 0 Å². The molecule has 0 saturated heterocycles. The summed E-state index contributed by atoms with van der Waals surface area (Å²) >= 11 is 0. The van der Waals surface area contributed by atoms with Crippen molar-refractivity contribution >= 4 is 16.6 Å². The number of fused-ring (bicyclic) bond motifs is 2. The molecule has 1 fully saturated rings. The molecule has 0 spiro atoms. The first-order chi connectivity index (χ1) is 8.66. The highest BCUT2D eigenvalue weighted by Gasteiger charge is 2.45. The van der Waals surface area contributed by atoms with Gasteiger partial charge in [0.05, 0.1) is 0 Å². The number of rotatable bonds is 6. The van der Waals surface area contributed by atoms with Gasteiger partial charge in [0.25, 0.3) is 0 Å². The number of hydrogen-bond acceptors (Lipinski definition) is 2. The molecule has 2 aliphatic carbocycles. The first-order valence-corrected chi connectivity index (χ1v) is 14.4. The normalized spacial score (nSPS) is 34.2. The smallest absolute Gasteiger partial charge is 0.183 e. The maximum absolute atomic E-state index is 6.19. The summed E-state index contributed by atoms with van der Waals surface area (Å²) in [4.78, 5) is 0. The van der Waals surface area contributed by atoms with Gasteiger partial charge in [0.15, 0.2) is 16.6 Å². The van der Waals surface area contributed by atoms with E-state index in [9.17, 15) is 0 Å². The van der Waals surface area contributed by atoms with Crippen molar-refractivity contribution < 1.29 is 8.85 Å². The van der Waals surface area contributed by atoms with E-state index in [2.05, 4.69) is 51.4 Å². The Hall–Kier alpha value is 0.0938. The Morgan fingerprint density at radius 2 is 1.16 bits per heavy atom.